The van der Waals surface area contributed by atoms with Crippen LogP contribution in [0.2, 0.25) is 0 Å². The van der Waals surface area contributed by atoms with Crippen LogP contribution in [-0.2, 0) is 10.0 Å². The van der Waals surface area contributed by atoms with Crippen molar-refractivity contribution in [3.63, 3.8) is 0 Å². The quantitative estimate of drug-likeness (QED) is 0.769. The molecular weight excluding hydrogens is 358 g/mol. The van der Waals surface area contributed by atoms with E-state index in [1.165, 1.54) is 12.8 Å². The molecule has 4 rings (SSSR count). The third-order valence-corrected chi connectivity index (χ3v) is 8.24. The lowest BCUT2D eigenvalue weighted by atomic mass is 10.0. The molecule has 2 fully saturated rings. The molecule has 0 spiro atoms. The molecule has 0 amide bonds. The summed E-state index contributed by atoms with van der Waals surface area (Å²) in [4.78, 5) is 0.362. The van der Waals surface area contributed by atoms with Crippen LogP contribution in [-0.4, -0.2) is 34.6 Å². The highest BCUT2D eigenvalue weighted by atomic mass is 32.2. The Labute approximate surface area is 162 Å². The minimum absolute atomic E-state index is 0.0252. The SMILES string of the molecule is CC1CCCC(C)N1S(=O)(=O)c1cn(C2CCCC2)nc1-c1ccccc1. The summed E-state index contributed by atoms with van der Waals surface area (Å²) in [6.45, 7) is 4.05. The van der Waals surface area contributed by atoms with Crippen LogP contribution in [0.5, 0.6) is 0 Å². The van der Waals surface area contributed by atoms with Gasteiger partial charge in [-0.15, -0.1) is 0 Å². The predicted octanol–water partition coefficient (Wildman–Crippen LogP) is 4.62. The van der Waals surface area contributed by atoms with Crippen LogP contribution in [0.3, 0.4) is 0 Å². The lowest BCUT2D eigenvalue weighted by molar-refractivity contribution is 0.204. The monoisotopic (exact) mass is 387 g/mol. The van der Waals surface area contributed by atoms with Gasteiger partial charge in [0.1, 0.15) is 10.6 Å². The number of hydrogen-bond acceptors (Lipinski definition) is 3. The number of hydrogen-bond donors (Lipinski definition) is 0. The Kier molecular flexibility index (Phi) is 5.12. The molecule has 0 N–H and O–H groups in total. The van der Waals surface area contributed by atoms with Gasteiger partial charge in [0.15, 0.2) is 0 Å². The first-order valence-electron chi connectivity index (χ1n) is 10.2. The molecule has 146 valence electrons. The van der Waals surface area contributed by atoms with Crippen LogP contribution in [0.25, 0.3) is 11.3 Å². The molecule has 1 saturated carbocycles. The van der Waals surface area contributed by atoms with Crippen molar-refractivity contribution in [3.05, 3.63) is 36.5 Å². The first-order valence-corrected chi connectivity index (χ1v) is 11.6. The lowest BCUT2D eigenvalue weighted by Gasteiger charge is -2.37. The van der Waals surface area contributed by atoms with Gasteiger partial charge in [-0.05, 0) is 39.5 Å². The van der Waals surface area contributed by atoms with Gasteiger partial charge in [0.2, 0.25) is 10.0 Å². The van der Waals surface area contributed by atoms with Gasteiger partial charge in [-0.1, -0.05) is 49.6 Å². The van der Waals surface area contributed by atoms with Crippen LogP contribution in [0.4, 0.5) is 0 Å². The molecule has 2 heterocycles. The Hall–Kier alpha value is -1.66. The second-order valence-electron chi connectivity index (χ2n) is 8.09. The summed E-state index contributed by atoms with van der Waals surface area (Å²) in [6.07, 6.45) is 9.24. The number of sulfonamides is 1. The van der Waals surface area contributed by atoms with E-state index < -0.39 is 10.0 Å². The van der Waals surface area contributed by atoms with Crippen molar-refractivity contribution in [2.45, 2.75) is 81.8 Å². The Morgan fingerprint density at radius 2 is 1.56 bits per heavy atom. The second-order valence-corrected chi connectivity index (χ2v) is 9.90. The fraction of sp³-hybridized carbons (Fsp3) is 0.571. The molecule has 1 aliphatic heterocycles. The minimum atomic E-state index is -3.60. The maximum absolute atomic E-state index is 13.7. The molecule has 27 heavy (non-hydrogen) atoms. The average molecular weight is 388 g/mol. The van der Waals surface area contributed by atoms with E-state index in [0.29, 0.717) is 16.6 Å². The van der Waals surface area contributed by atoms with E-state index in [1.807, 2.05) is 48.9 Å². The summed E-state index contributed by atoms with van der Waals surface area (Å²) in [5, 5.41) is 4.78. The zero-order valence-electron chi connectivity index (χ0n) is 16.2. The number of aromatic nitrogens is 2. The van der Waals surface area contributed by atoms with Crippen LogP contribution in [0.1, 0.15) is 64.8 Å². The van der Waals surface area contributed by atoms with Crippen molar-refractivity contribution < 1.29 is 8.42 Å². The van der Waals surface area contributed by atoms with Gasteiger partial charge in [0, 0.05) is 23.8 Å². The van der Waals surface area contributed by atoms with Crippen LogP contribution >= 0.6 is 0 Å². The van der Waals surface area contributed by atoms with E-state index in [-0.39, 0.29) is 12.1 Å². The number of rotatable bonds is 4. The highest BCUT2D eigenvalue weighted by Gasteiger charge is 2.38. The topological polar surface area (TPSA) is 55.2 Å². The highest BCUT2D eigenvalue weighted by molar-refractivity contribution is 7.89. The van der Waals surface area contributed by atoms with Crippen LogP contribution in [0.15, 0.2) is 41.4 Å². The molecule has 1 aromatic heterocycles. The first-order chi connectivity index (χ1) is 13.0. The molecule has 2 unspecified atom stereocenters. The van der Waals surface area contributed by atoms with Gasteiger partial charge in [0.25, 0.3) is 0 Å². The third-order valence-electron chi connectivity index (χ3n) is 6.11. The van der Waals surface area contributed by atoms with E-state index in [1.54, 1.807) is 10.5 Å². The molecule has 5 nitrogen and oxygen atoms in total. The van der Waals surface area contributed by atoms with Gasteiger partial charge in [-0.25, -0.2) is 8.42 Å². The molecule has 2 aromatic rings. The van der Waals surface area contributed by atoms with Crippen molar-refractivity contribution >= 4 is 10.0 Å². The highest BCUT2D eigenvalue weighted by Crippen LogP contribution is 2.36. The van der Waals surface area contributed by atoms with Crippen molar-refractivity contribution in [2.75, 3.05) is 0 Å². The van der Waals surface area contributed by atoms with Crippen molar-refractivity contribution in [1.29, 1.82) is 0 Å². The summed E-state index contributed by atoms with van der Waals surface area (Å²) >= 11 is 0. The minimum Gasteiger partial charge on any atom is -0.268 e. The molecule has 1 aliphatic carbocycles. The molecule has 0 radical (unpaired) electrons. The zero-order valence-corrected chi connectivity index (χ0v) is 17.0. The summed E-state index contributed by atoms with van der Waals surface area (Å²) in [5.74, 6) is 0. The van der Waals surface area contributed by atoms with Crippen LogP contribution in [0, 0.1) is 0 Å². The smallest absolute Gasteiger partial charge is 0.247 e. The van der Waals surface area contributed by atoms with Crippen LogP contribution < -0.4 is 0 Å². The molecular formula is C21H29N3O2S. The third kappa shape index (κ3) is 3.45. The second kappa shape index (κ2) is 7.40. The number of benzene rings is 1. The van der Waals surface area contributed by atoms with Crippen molar-refractivity contribution in [3.8, 4) is 11.3 Å². The fourth-order valence-electron chi connectivity index (χ4n) is 4.70. The summed E-state index contributed by atoms with van der Waals surface area (Å²) in [7, 11) is -3.60. The largest absolute Gasteiger partial charge is 0.268 e. The van der Waals surface area contributed by atoms with Crippen molar-refractivity contribution in [2.24, 2.45) is 0 Å². The standard InChI is InChI=1S/C21H29N3O2S/c1-16-9-8-10-17(2)24(16)27(25,26)20-15-23(19-13-6-7-14-19)22-21(20)18-11-4-3-5-12-18/h3-5,11-12,15-17,19H,6-10,13-14H2,1-2H3. The summed E-state index contributed by atoms with van der Waals surface area (Å²) in [6, 6.07) is 10.1. The van der Waals surface area contributed by atoms with E-state index in [2.05, 4.69) is 0 Å². The maximum Gasteiger partial charge on any atom is 0.247 e. The molecule has 1 aromatic carbocycles. The summed E-state index contributed by atoms with van der Waals surface area (Å²) in [5.41, 5.74) is 1.46. The summed E-state index contributed by atoms with van der Waals surface area (Å²) < 4.78 is 31.0. The normalized spacial score (nSPS) is 25.1. The van der Waals surface area contributed by atoms with Gasteiger partial charge < -0.3 is 0 Å². The van der Waals surface area contributed by atoms with Gasteiger partial charge in [0.05, 0.1) is 6.04 Å². The first kappa shape index (κ1) is 18.7. The van der Waals surface area contributed by atoms with E-state index >= 15 is 0 Å². The number of nitrogens with zero attached hydrogens (tertiary/aromatic N) is 3. The van der Waals surface area contributed by atoms with Gasteiger partial charge in [-0.3, -0.25) is 4.68 Å². The van der Waals surface area contributed by atoms with Gasteiger partial charge >= 0.3 is 0 Å². The molecule has 2 aliphatic rings. The van der Waals surface area contributed by atoms with E-state index in [0.717, 1.165) is 37.7 Å². The van der Waals surface area contributed by atoms with E-state index in [4.69, 9.17) is 5.10 Å². The van der Waals surface area contributed by atoms with Gasteiger partial charge in [-0.2, -0.15) is 9.40 Å². The molecule has 2 atom stereocenters. The average Bonchev–Trinajstić information content (AvgIpc) is 3.32. The Bertz CT molecular complexity index is 875. The molecule has 1 saturated heterocycles. The lowest BCUT2D eigenvalue weighted by Crippen LogP contribution is -2.47. The Balaban J connectivity index is 1.82. The van der Waals surface area contributed by atoms with Crippen molar-refractivity contribution in [1.82, 2.24) is 14.1 Å². The molecule has 0 bridgehead atoms. The zero-order chi connectivity index (χ0) is 19.0. The molecule has 6 heteroatoms. The maximum atomic E-state index is 13.7. The fourth-order valence-corrected chi connectivity index (χ4v) is 6.73. The predicted molar refractivity (Wildman–Crippen MR) is 107 cm³/mol. The number of piperidine rings is 1. The van der Waals surface area contributed by atoms with E-state index in [9.17, 15) is 8.42 Å². The Morgan fingerprint density at radius 3 is 2.19 bits per heavy atom. The Morgan fingerprint density at radius 1 is 0.926 bits per heavy atom.